The van der Waals surface area contributed by atoms with Gasteiger partial charge in [0, 0.05) is 29.1 Å². The molecule has 3 aromatic carbocycles. The summed E-state index contributed by atoms with van der Waals surface area (Å²) >= 11 is 0.664. The van der Waals surface area contributed by atoms with Crippen molar-refractivity contribution < 1.29 is 65.9 Å². The van der Waals surface area contributed by atoms with E-state index in [0.717, 1.165) is 24.8 Å². The molecule has 68 heavy (non-hydrogen) atoms. The Morgan fingerprint density at radius 1 is 0.706 bits per heavy atom. The van der Waals surface area contributed by atoms with E-state index in [0.29, 0.717) is 58.2 Å². The number of unbranched alkanes of at least 4 members (excludes halogenated alkanes) is 7. The minimum atomic E-state index is -4.46. The molecule has 17 heteroatoms. The van der Waals surface area contributed by atoms with Gasteiger partial charge in [0.05, 0.1) is 6.61 Å². The van der Waals surface area contributed by atoms with Gasteiger partial charge in [-0.15, -0.1) is 11.3 Å². The molecule has 2 aliphatic carbocycles. The smallest absolute Gasteiger partial charge is 0.426 e. The van der Waals surface area contributed by atoms with Crippen molar-refractivity contribution in [2.45, 2.75) is 135 Å². The second-order valence-electron chi connectivity index (χ2n) is 17.6. The summed E-state index contributed by atoms with van der Waals surface area (Å²) in [5.41, 5.74) is -0.985. The quantitative estimate of drug-likeness (QED) is 0.0185. The van der Waals surface area contributed by atoms with Crippen molar-refractivity contribution in [2.24, 2.45) is 10.8 Å². The number of carboxylic acid groups (broad SMARTS) is 3. The number of carbonyl (C=O) groups excluding carboxylic acids is 1. The molecule has 4 aromatic rings. The fraction of sp³-hybridized carbons (Fsp3) is 0.490. The lowest BCUT2D eigenvalue weighted by molar-refractivity contribution is -0.178. The van der Waals surface area contributed by atoms with Gasteiger partial charge in [0.2, 0.25) is 0 Å². The van der Waals surface area contributed by atoms with Gasteiger partial charge in [-0.3, -0.25) is 19.2 Å². The van der Waals surface area contributed by atoms with Crippen LogP contribution < -0.4 is 15.4 Å². The van der Waals surface area contributed by atoms with Gasteiger partial charge in [0.1, 0.15) is 17.2 Å². The lowest BCUT2D eigenvalue weighted by Gasteiger charge is -2.42. The predicted molar refractivity (Wildman–Crippen MR) is 247 cm³/mol. The highest BCUT2D eigenvalue weighted by atomic mass is 32.1. The van der Waals surface area contributed by atoms with Gasteiger partial charge in [-0.1, -0.05) is 106 Å². The molecule has 370 valence electrons. The summed E-state index contributed by atoms with van der Waals surface area (Å²) in [4.78, 5) is 45.8. The first-order valence-electron chi connectivity index (χ1n) is 23.2. The molecule has 0 amide bonds. The molecule has 6 rings (SSSR count). The number of hydrogen-bond donors (Lipinski definition) is 5. The van der Waals surface area contributed by atoms with Gasteiger partial charge in [-0.25, -0.2) is 8.78 Å². The Labute approximate surface area is 397 Å². The van der Waals surface area contributed by atoms with E-state index in [9.17, 15) is 46.2 Å². The zero-order valence-corrected chi connectivity index (χ0v) is 39.2. The van der Waals surface area contributed by atoms with Gasteiger partial charge in [0.25, 0.3) is 0 Å². The molecule has 5 N–H and O–H groups in total. The van der Waals surface area contributed by atoms with Crippen LogP contribution in [0.2, 0.25) is 0 Å². The molecule has 11 nitrogen and oxygen atoms in total. The van der Waals surface area contributed by atoms with E-state index in [1.54, 1.807) is 73.7 Å². The van der Waals surface area contributed by atoms with Crippen LogP contribution in [0.15, 0.2) is 72.8 Å². The molecule has 0 radical (unpaired) electrons. The van der Waals surface area contributed by atoms with Crippen LogP contribution in [0.3, 0.4) is 0 Å². The van der Waals surface area contributed by atoms with Crippen LogP contribution in [0.4, 0.5) is 22.0 Å². The molecule has 0 spiro atoms. The number of ether oxygens (including phenoxy) is 2. The van der Waals surface area contributed by atoms with E-state index in [-0.39, 0.29) is 63.0 Å². The van der Waals surface area contributed by atoms with Gasteiger partial charge in [0.15, 0.2) is 22.5 Å². The summed E-state index contributed by atoms with van der Waals surface area (Å²) in [7, 11) is 0. The van der Waals surface area contributed by atoms with Crippen molar-refractivity contribution >= 4 is 35.2 Å². The molecule has 0 aliphatic heterocycles. The molecule has 2 aliphatic rings. The van der Waals surface area contributed by atoms with Gasteiger partial charge >= 0.3 is 30.1 Å². The van der Waals surface area contributed by atoms with Crippen molar-refractivity contribution in [1.29, 1.82) is 0 Å². The summed E-state index contributed by atoms with van der Waals surface area (Å²) in [6.07, 6.45) is 5.96. The van der Waals surface area contributed by atoms with Gasteiger partial charge < -0.3 is 35.4 Å². The number of carboxylic acids is 3. The molecule has 0 bridgehead atoms. The third-order valence-electron chi connectivity index (χ3n) is 12.7. The first-order valence-corrected chi connectivity index (χ1v) is 24.0. The van der Waals surface area contributed by atoms with Crippen molar-refractivity contribution in [3.05, 3.63) is 111 Å². The summed E-state index contributed by atoms with van der Waals surface area (Å²) in [5, 5.41) is 34.0. The molecule has 2 fully saturated rings. The topological polar surface area (TPSA) is 171 Å². The summed E-state index contributed by atoms with van der Waals surface area (Å²) in [5.74, 6) is -5.60. The number of rotatable bonds is 25. The number of esters is 1. The van der Waals surface area contributed by atoms with Crippen molar-refractivity contribution in [2.75, 3.05) is 13.2 Å². The highest BCUT2D eigenvalue weighted by Crippen LogP contribution is 2.45. The minimum Gasteiger partial charge on any atom is -0.488 e. The Morgan fingerprint density at radius 2 is 1.25 bits per heavy atom. The van der Waals surface area contributed by atoms with E-state index in [2.05, 4.69) is 17.6 Å². The normalized spacial score (nSPS) is 17.5. The van der Waals surface area contributed by atoms with Gasteiger partial charge in [-0.2, -0.15) is 13.2 Å². The third-order valence-corrected chi connectivity index (χ3v) is 13.8. The molecule has 0 unspecified atom stereocenters. The maximum atomic E-state index is 14.5. The number of benzene rings is 3. The number of halogens is 5. The number of carbonyl (C=O) groups is 4. The molecule has 0 saturated heterocycles. The Kier molecular flexibility index (Phi) is 19.5. The van der Waals surface area contributed by atoms with Gasteiger partial charge in [-0.05, 0) is 98.9 Å². The van der Waals surface area contributed by atoms with Crippen LogP contribution in [-0.2, 0) is 56.1 Å². The highest BCUT2D eigenvalue weighted by molar-refractivity contribution is 7.12. The first kappa shape index (κ1) is 53.6. The zero-order valence-electron chi connectivity index (χ0n) is 38.4. The maximum Gasteiger partial charge on any atom is 0.426 e. The van der Waals surface area contributed by atoms with Crippen molar-refractivity contribution in [3.8, 4) is 16.9 Å². The van der Waals surface area contributed by atoms with E-state index in [1.807, 2.05) is 0 Å². The van der Waals surface area contributed by atoms with E-state index in [1.165, 1.54) is 38.2 Å². The maximum absolute atomic E-state index is 14.5. The number of alkyl halides is 3. The highest BCUT2D eigenvalue weighted by Gasteiger charge is 2.58. The fourth-order valence-corrected chi connectivity index (χ4v) is 9.50. The molecule has 1 aromatic heterocycles. The van der Waals surface area contributed by atoms with E-state index in [4.69, 9.17) is 19.7 Å². The van der Waals surface area contributed by atoms with E-state index < -0.39 is 57.4 Å². The second kappa shape index (κ2) is 24.8. The zero-order chi connectivity index (χ0) is 49.5. The number of nitrogens with one attached hydrogen (secondary N) is 2. The van der Waals surface area contributed by atoms with Crippen molar-refractivity contribution in [3.63, 3.8) is 0 Å². The summed E-state index contributed by atoms with van der Waals surface area (Å²) in [6, 6.07) is 19.8. The van der Waals surface area contributed by atoms with Crippen LogP contribution in [0.5, 0.6) is 5.75 Å². The van der Waals surface area contributed by atoms with Crippen LogP contribution in [-0.4, -0.2) is 64.4 Å². The van der Waals surface area contributed by atoms with Crippen LogP contribution >= 0.6 is 11.3 Å². The SMILES string of the molecule is CCCCCCCCCCc1ccc(CCNC2CC(C(=O)O)(C(=O)OCC)C2)c(F)c1F.O=C(O)C1(C(=O)O)CC(NCc2ccc(OCc3cc(-c4ccccc4)c(C(F)(F)F)s3)cc2)C1. The fourth-order valence-electron chi connectivity index (χ4n) is 8.54. The summed E-state index contributed by atoms with van der Waals surface area (Å²) in [6.45, 7) is 4.75. The Hall–Kier alpha value is -5.39. The Bertz CT molecular complexity index is 2280. The lowest BCUT2D eigenvalue weighted by Crippen LogP contribution is -2.57. The number of aryl methyl sites for hydroxylation is 1. The molecule has 0 atom stereocenters. The van der Waals surface area contributed by atoms with Crippen LogP contribution in [0, 0.1) is 22.5 Å². The molecule has 2 saturated carbocycles. The standard InChI is InChI=1S/C26H39F2NO4.C25H22F3NO5S/c1-3-5-6-7-8-9-10-11-12-19-13-14-20(23(28)22(19)27)15-16-29-21-17-26(18-21,24(30)31)25(32)33-4-2;26-25(27,28)21-20(16-4-2-1-3-5-16)10-19(35-21)14-34-18-8-6-15(7-9-18)13-29-17-11-24(12-17,22(30)31)23(32)33/h13-14,21,29H,3-12,15-18H2,1-2H3,(H,30,31);1-10,17,29H,11-14H2,(H,30,31)(H,32,33). The Balaban J connectivity index is 0.000000255. The van der Waals surface area contributed by atoms with Crippen molar-refractivity contribution in [1.82, 2.24) is 10.6 Å². The largest absolute Gasteiger partial charge is 0.488 e. The second-order valence-corrected chi connectivity index (χ2v) is 18.7. The van der Waals surface area contributed by atoms with Crippen LogP contribution in [0.1, 0.15) is 117 Å². The number of aliphatic carboxylic acids is 3. The average Bonchev–Trinajstić information content (AvgIpc) is 3.72. The summed E-state index contributed by atoms with van der Waals surface area (Å²) < 4.78 is 80.2. The minimum absolute atomic E-state index is 0.00723. The lowest BCUT2D eigenvalue weighted by atomic mass is 9.65. The number of thiophene rings is 1. The first-order chi connectivity index (χ1) is 32.4. The van der Waals surface area contributed by atoms with E-state index >= 15 is 0 Å². The monoisotopic (exact) mass is 972 g/mol. The predicted octanol–water partition coefficient (Wildman–Crippen LogP) is 11.0. The average molecular weight is 973 g/mol. The number of hydrogen-bond acceptors (Lipinski definition) is 9. The molecule has 1 heterocycles. The molecular weight excluding hydrogens is 912 g/mol. The Morgan fingerprint density at radius 3 is 1.81 bits per heavy atom. The molecular formula is C51H61F5N2O9S. The van der Waals surface area contributed by atoms with Crippen LogP contribution in [0.25, 0.3) is 11.1 Å². The third kappa shape index (κ3) is 13.9.